The minimum Gasteiger partial charge on any atom is -0.497 e. The lowest BCUT2D eigenvalue weighted by molar-refractivity contribution is 0.173. The first kappa shape index (κ1) is 22.5. The maximum absolute atomic E-state index is 12.6. The van der Waals surface area contributed by atoms with E-state index in [1.165, 1.54) is 4.80 Å². The highest BCUT2D eigenvalue weighted by atomic mass is 35.5. The van der Waals surface area contributed by atoms with Gasteiger partial charge in [-0.3, -0.25) is 0 Å². The van der Waals surface area contributed by atoms with Crippen molar-refractivity contribution in [3.63, 3.8) is 0 Å². The monoisotopic (exact) mass is 444 g/mol. The number of amides is 2. The summed E-state index contributed by atoms with van der Waals surface area (Å²) < 4.78 is 5.20. The molecule has 10 heteroatoms. The van der Waals surface area contributed by atoms with Crippen molar-refractivity contribution in [1.82, 2.24) is 25.5 Å². The molecule has 0 saturated carbocycles. The Bertz CT molecular complexity index is 976. The SMILES string of the molecule is COc1ccc(C[C@H](NC(=O)Nc2ccc(Cl)cc2)c2nnn(CCC(C)O)n2)cc1. The van der Waals surface area contributed by atoms with Crippen molar-refractivity contribution in [2.24, 2.45) is 0 Å². The van der Waals surface area contributed by atoms with Crippen LogP contribution in [0.25, 0.3) is 0 Å². The number of nitrogens with one attached hydrogen (secondary N) is 2. The molecule has 1 aromatic heterocycles. The first-order valence-corrected chi connectivity index (χ1v) is 10.2. The number of aliphatic hydroxyl groups excluding tert-OH is 1. The Balaban J connectivity index is 1.74. The minimum absolute atomic E-state index is 0.382. The van der Waals surface area contributed by atoms with E-state index in [1.54, 1.807) is 38.3 Å². The number of hydrogen-bond acceptors (Lipinski definition) is 6. The van der Waals surface area contributed by atoms with Gasteiger partial charge in [-0.15, -0.1) is 10.2 Å². The summed E-state index contributed by atoms with van der Waals surface area (Å²) in [6, 6.07) is 13.5. The fourth-order valence-corrected chi connectivity index (χ4v) is 2.98. The number of ether oxygens (including phenoxy) is 1. The minimum atomic E-state index is -0.513. The Morgan fingerprint density at radius 3 is 2.55 bits per heavy atom. The van der Waals surface area contributed by atoms with Crippen molar-refractivity contribution >= 4 is 23.3 Å². The molecule has 0 bridgehead atoms. The number of carbonyl (C=O) groups excluding carboxylic acids is 1. The van der Waals surface area contributed by atoms with Gasteiger partial charge in [0.05, 0.1) is 25.8 Å². The van der Waals surface area contributed by atoms with Crippen molar-refractivity contribution in [3.05, 3.63) is 64.9 Å². The van der Waals surface area contributed by atoms with Gasteiger partial charge in [-0.25, -0.2) is 4.79 Å². The Labute approximate surface area is 185 Å². The molecule has 1 heterocycles. The maximum Gasteiger partial charge on any atom is 0.319 e. The van der Waals surface area contributed by atoms with E-state index in [1.807, 2.05) is 24.3 Å². The number of aliphatic hydroxyl groups is 1. The van der Waals surface area contributed by atoms with Gasteiger partial charge < -0.3 is 20.5 Å². The molecule has 0 saturated heterocycles. The number of methoxy groups -OCH3 is 1. The second kappa shape index (κ2) is 10.7. The standard InChI is InChI=1S/C21H25ClN6O3/c1-14(29)11-12-28-26-20(25-27-28)19(13-15-3-9-18(31-2)10-4-15)24-21(30)23-17-7-5-16(22)6-8-17/h3-10,14,19,29H,11-13H2,1-2H3,(H2,23,24,30)/t14?,19-/m0/s1. The van der Waals surface area contributed by atoms with Crippen molar-refractivity contribution in [2.45, 2.75) is 38.5 Å². The lowest BCUT2D eigenvalue weighted by Gasteiger charge is -2.16. The summed E-state index contributed by atoms with van der Waals surface area (Å²) in [6.45, 7) is 2.13. The van der Waals surface area contributed by atoms with E-state index >= 15 is 0 Å². The van der Waals surface area contributed by atoms with Crippen LogP contribution in [-0.2, 0) is 13.0 Å². The number of benzene rings is 2. The third kappa shape index (κ3) is 6.94. The number of nitrogens with zero attached hydrogens (tertiary/aromatic N) is 4. The quantitative estimate of drug-likeness (QED) is 0.467. The van der Waals surface area contributed by atoms with Gasteiger partial charge in [0.15, 0.2) is 5.82 Å². The van der Waals surface area contributed by atoms with Crippen LogP contribution in [0.5, 0.6) is 5.75 Å². The summed E-state index contributed by atoms with van der Waals surface area (Å²) >= 11 is 5.89. The second-order valence-electron chi connectivity index (χ2n) is 7.09. The van der Waals surface area contributed by atoms with Crippen LogP contribution >= 0.6 is 11.6 Å². The van der Waals surface area contributed by atoms with E-state index in [2.05, 4.69) is 26.0 Å². The van der Waals surface area contributed by atoms with Crippen molar-refractivity contribution in [1.29, 1.82) is 0 Å². The largest absolute Gasteiger partial charge is 0.497 e. The van der Waals surface area contributed by atoms with Gasteiger partial charge in [-0.2, -0.15) is 4.80 Å². The Morgan fingerprint density at radius 2 is 1.90 bits per heavy atom. The molecular weight excluding hydrogens is 420 g/mol. The molecule has 9 nitrogen and oxygen atoms in total. The van der Waals surface area contributed by atoms with Gasteiger partial charge in [0.2, 0.25) is 0 Å². The number of aromatic nitrogens is 4. The highest BCUT2D eigenvalue weighted by molar-refractivity contribution is 6.30. The molecule has 0 spiro atoms. The normalized spacial score (nSPS) is 12.8. The van der Waals surface area contributed by atoms with E-state index in [9.17, 15) is 9.90 Å². The van der Waals surface area contributed by atoms with Gasteiger partial charge in [0.1, 0.15) is 5.75 Å². The van der Waals surface area contributed by atoms with Crippen LogP contribution in [-0.4, -0.2) is 44.6 Å². The van der Waals surface area contributed by atoms with Gasteiger partial charge in [-0.05, 0) is 60.5 Å². The summed E-state index contributed by atoms with van der Waals surface area (Å²) in [5, 5.41) is 28.3. The zero-order chi connectivity index (χ0) is 22.2. The number of rotatable bonds is 9. The van der Waals surface area contributed by atoms with Crippen molar-refractivity contribution in [2.75, 3.05) is 12.4 Å². The fraction of sp³-hybridized carbons (Fsp3) is 0.333. The molecule has 0 radical (unpaired) electrons. The Kier molecular flexibility index (Phi) is 7.80. The first-order chi connectivity index (χ1) is 14.9. The fourth-order valence-electron chi connectivity index (χ4n) is 2.85. The summed E-state index contributed by atoms with van der Waals surface area (Å²) in [5.74, 6) is 1.13. The average Bonchev–Trinajstić information content (AvgIpc) is 3.23. The summed E-state index contributed by atoms with van der Waals surface area (Å²) in [4.78, 5) is 14.0. The number of halogens is 1. The zero-order valence-electron chi connectivity index (χ0n) is 17.3. The molecular formula is C21H25ClN6O3. The van der Waals surface area contributed by atoms with Gasteiger partial charge in [0, 0.05) is 17.1 Å². The number of carbonyl (C=O) groups is 1. The lowest BCUT2D eigenvalue weighted by atomic mass is 10.1. The molecule has 3 aromatic rings. The first-order valence-electron chi connectivity index (χ1n) is 9.84. The Hall–Kier alpha value is -3.17. The van der Waals surface area contributed by atoms with Crippen LogP contribution in [0.15, 0.2) is 48.5 Å². The van der Waals surface area contributed by atoms with Crippen LogP contribution in [0.4, 0.5) is 10.5 Å². The molecule has 2 amide bonds. The topological polar surface area (TPSA) is 114 Å². The third-order valence-electron chi connectivity index (χ3n) is 4.53. The van der Waals surface area contributed by atoms with Crippen LogP contribution in [0.1, 0.15) is 30.8 Å². The molecule has 0 aliphatic carbocycles. The average molecular weight is 445 g/mol. The van der Waals surface area contributed by atoms with Crippen LogP contribution in [0, 0.1) is 0 Å². The number of hydrogen-bond donors (Lipinski definition) is 3. The number of urea groups is 1. The molecule has 1 unspecified atom stereocenters. The molecule has 0 fully saturated rings. The molecule has 2 atom stereocenters. The third-order valence-corrected chi connectivity index (χ3v) is 4.79. The Morgan fingerprint density at radius 1 is 1.19 bits per heavy atom. The van der Waals surface area contributed by atoms with Gasteiger partial charge in [-0.1, -0.05) is 23.7 Å². The van der Waals surface area contributed by atoms with Crippen molar-refractivity contribution < 1.29 is 14.6 Å². The van der Waals surface area contributed by atoms with E-state index in [4.69, 9.17) is 16.3 Å². The molecule has 0 aliphatic heterocycles. The van der Waals surface area contributed by atoms with Crippen LogP contribution < -0.4 is 15.4 Å². The highest BCUT2D eigenvalue weighted by Crippen LogP contribution is 2.19. The smallest absolute Gasteiger partial charge is 0.319 e. The van der Waals surface area contributed by atoms with E-state index in [-0.39, 0.29) is 0 Å². The van der Waals surface area contributed by atoms with Gasteiger partial charge in [0.25, 0.3) is 0 Å². The maximum atomic E-state index is 12.6. The summed E-state index contributed by atoms with van der Waals surface area (Å²) in [5.41, 5.74) is 1.58. The predicted molar refractivity (Wildman–Crippen MR) is 117 cm³/mol. The van der Waals surface area contributed by atoms with Crippen LogP contribution in [0.3, 0.4) is 0 Å². The lowest BCUT2D eigenvalue weighted by Crippen LogP contribution is -2.34. The predicted octanol–water partition coefficient (Wildman–Crippen LogP) is 3.21. The highest BCUT2D eigenvalue weighted by Gasteiger charge is 2.21. The molecule has 31 heavy (non-hydrogen) atoms. The van der Waals surface area contributed by atoms with Crippen molar-refractivity contribution in [3.8, 4) is 5.75 Å². The van der Waals surface area contributed by atoms with E-state index in [0.717, 1.165) is 11.3 Å². The number of anilines is 1. The molecule has 2 aromatic carbocycles. The van der Waals surface area contributed by atoms with E-state index < -0.39 is 18.2 Å². The van der Waals surface area contributed by atoms with Gasteiger partial charge >= 0.3 is 6.03 Å². The molecule has 164 valence electrons. The van der Waals surface area contributed by atoms with E-state index in [0.29, 0.717) is 35.9 Å². The molecule has 3 N–H and O–H groups in total. The zero-order valence-corrected chi connectivity index (χ0v) is 18.1. The summed E-state index contributed by atoms with van der Waals surface area (Å²) in [7, 11) is 1.61. The molecule has 3 rings (SSSR count). The summed E-state index contributed by atoms with van der Waals surface area (Å²) in [6.07, 6.45) is 0.497. The van der Waals surface area contributed by atoms with Crippen LogP contribution in [0.2, 0.25) is 5.02 Å². The number of tetrazole rings is 1. The molecule has 0 aliphatic rings. The number of aryl methyl sites for hydroxylation is 1. The second-order valence-corrected chi connectivity index (χ2v) is 7.53.